The minimum Gasteiger partial charge on any atom is -0.493 e. The first-order valence-electron chi connectivity index (χ1n) is 21.8. The van der Waals surface area contributed by atoms with E-state index in [0.717, 1.165) is 16.5 Å². The van der Waals surface area contributed by atoms with E-state index in [1.807, 2.05) is 30.3 Å². The molecule has 68 heavy (non-hydrogen) atoms. The first kappa shape index (κ1) is 43.0. The van der Waals surface area contributed by atoms with Crippen LogP contribution < -0.4 is 33.8 Å². The maximum absolute atomic E-state index is 14.0. The Balaban J connectivity index is 0.825. The molecule has 11 rings (SSSR count). The number of esters is 4. The molecule has 0 N–H and O–H groups in total. The first-order chi connectivity index (χ1) is 33.0. The van der Waals surface area contributed by atoms with E-state index in [4.69, 9.17) is 52.1 Å². The zero-order valence-electron chi connectivity index (χ0n) is 36.7. The highest BCUT2D eigenvalue weighted by Gasteiger charge is 2.55. The molecule has 2 aromatic heterocycles. The average Bonchev–Trinajstić information content (AvgIpc) is 4.09. The highest BCUT2D eigenvalue weighted by Crippen LogP contribution is 2.57. The molecule has 4 aromatic carbocycles. The Kier molecular flexibility index (Phi) is 10.5. The Labute approximate surface area is 389 Å². The summed E-state index contributed by atoms with van der Waals surface area (Å²) in [6.07, 6.45) is -0.960. The Bertz CT molecular complexity index is 3160. The molecule has 2 unspecified atom stereocenters. The summed E-state index contributed by atoms with van der Waals surface area (Å²) in [7, 11) is 5.18. The van der Waals surface area contributed by atoms with E-state index in [0.29, 0.717) is 63.4 Å². The van der Waals surface area contributed by atoms with Crippen LogP contribution in [-0.2, 0) is 52.1 Å². The van der Waals surface area contributed by atoms with E-state index in [1.54, 1.807) is 41.8 Å². The molecule has 6 heterocycles. The van der Waals surface area contributed by atoms with Crippen molar-refractivity contribution >= 4 is 44.2 Å². The second-order valence-corrected chi connectivity index (χ2v) is 17.1. The van der Waals surface area contributed by atoms with Gasteiger partial charge in [0, 0.05) is 33.9 Å². The van der Waals surface area contributed by atoms with Crippen molar-refractivity contribution in [3.63, 3.8) is 0 Å². The predicted octanol–water partition coefficient (Wildman–Crippen LogP) is 6.46. The number of aromatic nitrogens is 2. The van der Waals surface area contributed by atoms with Gasteiger partial charge in [0.1, 0.15) is 18.5 Å². The molecule has 4 aliphatic heterocycles. The van der Waals surface area contributed by atoms with Gasteiger partial charge < -0.3 is 51.7 Å². The number of fused-ring (bicyclic) bond motifs is 8. The van der Waals surface area contributed by atoms with E-state index in [9.17, 15) is 24.0 Å². The summed E-state index contributed by atoms with van der Waals surface area (Å²) in [6.45, 7) is 1.04. The fraction of sp³-hybridized carbons (Fsp3) is 0.280. The predicted molar refractivity (Wildman–Crippen MR) is 241 cm³/mol. The van der Waals surface area contributed by atoms with Crippen LogP contribution in [0.2, 0.25) is 0 Å². The molecule has 1 aliphatic carbocycles. The van der Waals surface area contributed by atoms with Crippen LogP contribution in [0.4, 0.5) is 0 Å². The van der Waals surface area contributed by atoms with Crippen molar-refractivity contribution in [2.45, 2.75) is 44.1 Å². The molecule has 0 spiro atoms. The quantitative estimate of drug-likeness (QED) is 0.0778. The number of ether oxygens (including phenoxy) is 9. The zero-order valence-corrected chi connectivity index (χ0v) is 37.9. The molecular formula is C50H41N2O15P. The van der Waals surface area contributed by atoms with Gasteiger partial charge >= 0.3 is 23.9 Å². The normalized spacial score (nSPS) is 21.3. The van der Waals surface area contributed by atoms with Gasteiger partial charge in [0.2, 0.25) is 18.1 Å². The molecule has 0 radical (unpaired) electrons. The van der Waals surface area contributed by atoms with Crippen LogP contribution in [-0.4, -0.2) is 67.7 Å². The van der Waals surface area contributed by atoms with E-state index in [1.165, 1.54) is 38.5 Å². The second-order valence-electron chi connectivity index (χ2n) is 16.9. The van der Waals surface area contributed by atoms with Crippen molar-refractivity contribution in [2.24, 2.45) is 11.8 Å². The summed E-state index contributed by atoms with van der Waals surface area (Å²) < 4.78 is 59.0. The average molecular weight is 941 g/mol. The van der Waals surface area contributed by atoms with Crippen LogP contribution >= 0.6 is 9.47 Å². The smallest absolute Gasteiger partial charge is 0.355 e. The number of para-hydroxylation sites is 1. The van der Waals surface area contributed by atoms with Gasteiger partial charge in [-0.05, 0) is 84.3 Å². The van der Waals surface area contributed by atoms with Gasteiger partial charge in [0.15, 0.2) is 29.6 Å². The van der Waals surface area contributed by atoms with Gasteiger partial charge in [0.25, 0.3) is 5.56 Å². The van der Waals surface area contributed by atoms with Crippen LogP contribution in [0, 0.1) is 11.8 Å². The lowest BCUT2D eigenvalue weighted by molar-refractivity contribution is -0.190. The maximum atomic E-state index is 14.0. The number of hydrogen-bond acceptors (Lipinski definition) is 16. The van der Waals surface area contributed by atoms with Crippen molar-refractivity contribution < 1.29 is 66.3 Å². The molecule has 1 saturated heterocycles. The first-order valence-corrected chi connectivity index (χ1v) is 22.2. The molecule has 6 atom stereocenters. The number of hydrogen-bond donors (Lipinski definition) is 0. The van der Waals surface area contributed by atoms with Gasteiger partial charge in [0.05, 0.1) is 70.8 Å². The molecule has 1 fully saturated rings. The lowest BCUT2D eigenvalue weighted by atomic mass is 9.66. The number of cyclic esters (lactones) is 2. The standard InChI is InChI=1S/C50H41N2O15P/c1-4-50(33-18-35-43-27(13-25-7-5-6-8-34(25)51-43)19-52(35)46(54)31(33)20-62-49(50)57)66-40(53)22-60-28-11-9-24(10-12-28)47(55)65-44-30-17-37-36(63-23-64-37)16-29(30)41(42-32(44)21-61-48(42)56)26-14-38(58-2)45(67-68)39(15-26)59-3/h5-18,32,41-42,44H,4,19-23,68H2,1-3H3/t32?,41-,42+,44-,50+/m1/s1. The van der Waals surface area contributed by atoms with Crippen molar-refractivity contribution in [1.82, 2.24) is 9.55 Å². The Morgan fingerprint density at radius 2 is 1.62 bits per heavy atom. The number of carbonyl (C=O) groups is 4. The summed E-state index contributed by atoms with van der Waals surface area (Å²) >= 11 is 0. The van der Waals surface area contributed by atoms with Gasteiger partial charge in [-0.2, -0.15) is 0 Å². The fourth-order valence-electron chi connectivity index (χ4n) is 10.2. The highest BCUT2D eigenvalue weighted by atomic mass is 31.0. The summed E-state index contributed by atoms with van der Waals surface area (Å²) in [4.78, 5) is 73.6. The summed E-state index contributed by atoms with van der Waals surface area (Å²) in [5.41, 5.74) is 2.99. The molecule has 18 heteroatoms. The molecule has 17 nitrogen and oxygen atoms in total. The third kappa shape index (κ3) is 6.77. The number of methoxy groups -OCH3 is 2. The molecule has 0 amide bonds. The minimum absolute atomic E-state index is 0.00926. The van der Waals surface area contributed by atoms with Gasteiger partial charge in [-0.3, -0.25) is 9.59 Å². The van der Waals surface area contributed by atoms with Gasteiger partial charge in [-0.25, -0.2) is 19.4 Å². The van der Waals surface area contributed by atoms with Crippen LogP contribution in [0.1, 0.15) is 69.1 Å². The Morgan fingerprint density at radius 3 is 2.34 bits per heavy atom. The summed E-state index contributed by atoms with van der Waals surface area (Å²) in [5.74, 6) is -2.59. The highest BCUT2D eigenvalue weighted by molar-refractivity contribution is 7.10. The second kappa shape index (κ2) is 16.6. The Morgan fingerprint density at radius 1 is 0.882 bits per heavy atom. The lowest BCUT2D eigenvalue weighted by Crippen LogP contribution is -2.48. The summed E-state index contributed by atoms with van der Waals surface area (Å²) in [5, 5.41) is 0.932. The van der Waals surface area contributed by atoms with Crippen LogP contribution in [0.25, 0.3) is 22.3 Å². The maximum Gasteiger partial charge on any atom is 0.355 e. The lowest BCUT2D eigenvalue weighted by Gasteiger charge is -2.38. The fourth-order valence-corrected chi connectivity index (χ4v) is 10.4. The number of nitrogens with zero attached hydrogens (tertiary/aromatic N) is 2. The Hall–Kier alpha value is -7.65. The van der Waals surface area contributed by atoms with Crippen molar-refractivity contribution in [2.75, 3.05) is 34.2 Å². The third-order valence-corrected chi connectivity index (χ3v) is 13.7. The van der Waals surface area contributed by atoms with Crippen molar-refractivity contribution in [3.05, 3.63) is 134 Å². The van der Waals surface area contributed by atoms with Crippen LogP contribution in [0.15, 0.2) is 89.7 Å². The van der Waals surface area contributed by atoms with E-state index in [-0.39, 0.29) is 54.4 Å². The topological polar surface area (TPSA) is 195 Å². The van der Waals surface area contributed by atoms with Crippen molar-refractivity contribution in [3.8, 4) is 45.9 Å². The van der Waals surface area contributed by atoms with Gasteiger partial charge in [-0.1, -0.05) is 25.1 Å². The van der Waals surface area contributed by atoms with Crippen molar-refractivity contribution in [1.29, 1.82) is 0 Å². The summed E-state index contributed by atoms with van der Waals surface area (Å²) in [6, 6.07) is 24.4. The van der Waals surface area contributed by atoms with Crippen LogP contribution in [0.3, 0.4) is 0 Å². The van der Waals surface area contributed by atoms with Gasteiger partial charge in [-0.15, -0.1) is 0 Å². The number of carbonyl (C=O) groups excluding carboxylic acids is 4. The minimum atomic E-state index is -1.92. The van der Waals surface area contributed by atoms with E-state index < -0.39 is 59.9 Å². The largest absolute Gasteiger partial charge is 0.493 e. The van der Waals surface area contributed by atoms with Crippen LogP contribution in [0.5, 0.6) is 34.5 Å². The van der Waals surface area contributed by atoms with E-state index >= 15 is 0 Å². The molecular weight excluding hydrogens is 900 g/mol. The molecule has 0 bridgehead atoms. The number of pyridine rings is 2. The monoisotopic (exact) mass is 940 g/mol. The molecule has 5 aliphatic rings. The molecule has 346 valence electrons. The molecule has 6 aromatic rings. The SMILES string of the molecule is CC[C@@]1(OC(=O)COc2ccc(C(=O)O[C@@H]3c4cc5c(cc4[C@@H](c4cc(OC)c(OP)c(OC)c4)[C@H]4C(=O)OCC34)OCO5)cc2)C(=O)OCc2c1cc1n(c2=O)Cc2cc3ccccc3nc2-1. The van der Waals surface area contributed by atoms with E-state index in [2.05, 4.69) is 9.47 Å². The molecule has 0 saturated carbocycles. The third-order valence-electron chi connectivity index (χ3n) is 13.4. The number of rotatable bonds is 11. The number of benzene rings is 4. The zero-order chi connectivity index (χ0) is 47.0.